The lowest BCUT2D eigenvalue weighted by Crippen LogP contribution is -2.00. The summed E-state index contributed by atoms with van der Waals surface area (Å²) >= 11 is 0. The lowest BCUT2D eigenvalue weighted by Gasteiger charge is -2.03. The lowest BCUT2D eigenvalue weighted by molar-refractivity contribution is -0.140. The second-order valence-corrected chi connectivity index (χ2v) is 4.45. The lowest BCUT2D eigenvalue weighted by atomic mass is 10.1. The number of methoxy groups -OCH3 is 1. The van der Waals surface area contributed by atoms with Crippen LogP contribution in [0, 0.1) is 0 Å². The van der Waals surface area contributed by atoms with Crippen LogP contribution in [0.5, 0.6) is 0 Å². The van der Waals surface area contributed by atoms with E-state index in [9.17, 15) is 4.79 Å². The number of allylic oxidation sites excluding steroid dienone is 1. The van der Waals surface area contributed by atoms with Crippen LogP contribution in [0.1, 0.15) is 31.7 Å². The van der Waals surface area contributed by atoms with E-state index in [1.54, 1.807) is 0 Å². The molecule has 0 spiro atoms. The molecule has 0 aromatic heterocycles. The van der Waals surface area contributed by atoms with Crippen molar-refractivity contribution in [1.29, 1.82) is 0 Å². The minimum absolute atomic E-state index is 0.159. The molecule has 3 heteroatoms. The van der Waals surface area contributed by atoms with Crippen LogP contribution >= 0.6 is 0 Å². The minimum Gasteiger partial charge on any atom is -0.469 e. The number of ether oxygens (including phenoxy) is 2. The van der Waals surface area contributed by atoms with E-state index in [-0.39, 0.29) is 5.97 Å². The van der Waals surface area contributed by atoms with Gasteiger partial charge in [0, 0.05) is 6.42 Å². The molecule has 3 nitrogen and oxygen atoms in total. The first-order valence-electron chi connectivity index (χ1n) is 6.56. The van der Waals surface area contributed by atoms with Gasteiger partial charge in [-0.2, -0.15) is 0 Å². The van der Waals surface area contributed by atoms with Crippen LogP contribution in [0.4, 0.5) is 0 Å². The first-order chi connectivity index (χ1) is 9.22. The largest absolute Gasteiger partial charge is 0.469 e. The summed E-state index contributed by atoms with van der Waals surface area (Å²) in [6.07, 6.45) is 4.20. The highest BCUT2D eigenvalue weighted by molar-refractivity contribution is 5.69. The molecule has 0 saturated heterocycles. The molecule has 0 aliphatic heterocycles. The molecule has 19 heavy (non-hydrogen) atoms. The molecule has 0 atom stereocenters. The third kappa shape index (κ3) is 7.42. The average Bonchev–Trinajstić information content (AvgIpc) is 2.45. The van der Waals surface area contributed by atoms with E-state index >= 15 is 0 Å². The van der Waals surface area contributed by atoms with E-state index in [0.29, 0.717) is 19.6 Å². The van der Waals surface area contributed by atoms with E-state index in [0.717, 1.165) is 12.8 Å². The van der Waals surface area contributed by atoms with Crippen molar-refractivity contribution in [2.24, 2.45) is 0 Å². The summed E-state index contributed by atoms with van der Waals surface area (Å²) in [6.45, 7) is 3.38. The topological polar surface area (TPSA) is 35.5 Å². The molecule has 1 aromatic carbocycles. The maximum Gasteiger partial charge on any atom is 0.305 e. The summed E-state index contributed by atoms with van der Waals surface area (Å²) in [4.78, 5) is 11.0. The van der Waals surface area contributed by atoms with Crippen molar-refractivity contribution < 1.29 is 14.3 Å². The number of benzene rings is 1. The van der Waals surface area contributed by atoms with Crippen LogP contribution in [0.3, 0.4) is 0 Å². The predicted molar refractivity (Wildman–Crippen MR) is 75.7 cm³/mol. The molecule has 0 fully saturated rings. The van der Waals surface area contributed by atoms with Gasteiger partial charge in [0.25, 0.3) is 0 Å². The number of hydrogen-bond donors (Lipinski definition) is 0. The normalized spacial score (nSPS) is 11.4. The van der Waals surface area contributed by atoms with Gasteiger partial charge < -0.3 is 9.47 Å². The van der Waals surface area contributed by atoms with Crippen LogP contribution in [-0.2, 0) is 20.9 Å². The van der Waals surface area contributed by atoms with Crippen LogP contribution in [0.15, 0.2) is 42.0 Å². The molecule has 1 rings (SSSR count). The molecular weight excluding hydrogens is 240 g/mol. The zero-order valence-corrected chi connectivity index (χ0v) is 11.7. The van der Waals surface area contributed by atoms with Crippen LogP contribution < -0.4 is 0 Å². The van der Waals surface area contributed by atoms with Gasteiger partial charge >= 0.3 is 5.97 Å². The van der Waals surface area contributed by atoms with Crippen LogP contribution in [-0.4, -0.2) is 19.7 Å². The van der Waals surface area contributed by atoms with Gasteiger partial charge in [-0.25, -0.2) is 0 Å². The quantitative estimate of drug-likeness (QED) is 0.408. The molecule has 0 unspecified atom stereocenters. The molecule has 0 heterocycles. The monoisotopic (exact) mass is 262 g/mol. The fourth-order valence-electron chi connectivity index (χ4n) is 1.66. The number of carbonyl (C=O) groups excluding carboxylic acids is 1. The van der Waals surface area contributed by atoms with Crippen molar-refractivity contribution >= 4 is 5.97 Å². The Morgan fingerprint density at radius 3 is 2.63 bits per heavy atom. The van der Waals surface area contributed by atoms with Crippen molar-refractivity contribution in [2.45, 2.75) is 32.8 Å². The predicted octanol–water partition coefficient (Wildman–Crippen LogP) is 3.49. The second kappa shape index (κ2) is 9.34. The molecule has 0 amide bonds. The number of esters is 1. The van der Waals surface area contributed by atoms with Gasteiger partial charge in [0.15, 0.2) is 0 Å². The van der Waals surface area contributed by atoms with E-state index < -0.39 is 0 Å². The zero-order valence-electron chi connectivity index (χ0n) is 11.7. The summed E-state index contributed by atoms with van der Waals surface area (Å²) in [5, 5.41) is 0. The Morgan fingerprint density at radius 2 is 1.95 bits per heavy atom. The molecule has 1 aromatic rings. The number of carbonyl (C=O) groups is 1. The Morgan fingerprint density at radius 1 is 1.21 bits per heavy atom. The standard InChI is InChI=1S/C16H22O3/c1-14(10-11-16(17)18-2)7-6-12-19-13-15-8-4-3-5-9-15/h3-5,7-9H,6,10-13H2,1-2H3/b14-7+. The van der Waals surface area contributed by atoms with Gasteiger partial charge in [0.1, 0.15) is 0 Å². The third-order valence-corrected chi connectivity index (χ3v) is 2.82. The molecule has 104 valence electrons. The Bertz CT molecular complexity index is 396. The van der Waals surface area contributed by atoms with Gasteiger partial charge in [-0.3, -0.25) is 4.79 Å². The Kier molecular flexibility index (Phi) is 7.59. The van der Waals surface area contributed by atoms with Crippen LogP contribution in [0.25, 0.3) is 0 Å². The maximum atomic E-state index is 11.0. The van der Waals surface area contributed by atoms with Gasteiger partial charge in [0.2, 0.25) is 0 Å². The van der Waals surface area contributed by atoms with Crippen molar-refractivity contribution in [3.05, 3.63) is 47.5 Å². The SMILES string of the molecule is COC(=O)CC/C(C)=C/CCOCc1ccccc1. The van der Waals surface area contributed by atoms with Crippen molar-refractivity contribution in [3.8, 4) is 0 Å². The molecular formula is C16H22O3. The average molecular weight is 262 g/mol. The fourth-order valence-corrected chi connectivity index (χ4v) is 1.66. The summed E-state index contributed by atoms with van der Waals surface area (Å²) in [7, 11) is 1.42. The van der Waals surface area contributed by atoms with E-state index in [4.69, 9.17) is 4.74 Å². The highest BCUT2D eigenvalue weighted by atomic mass is 16.5. The molecule has 0 aliphatic rings. The minimum atomic E-state index is -0.159. The Hall–Kier alpha value is -1.61. The Labute approximate surface area is 115 Å². The summed E-state index contributed by atoms with van der Waals surface area (Å²) in [5.74, 6) is -0.159. The van der Waals surface area contributed by atoms with Gasteiger partial charge in [-0.05, 0) is 25.3 Å². The molecule has 0 aliphatic carbocycles. The zero-order chi connectivity index (χ0) is 13.9. The first kappa shape index (κ1) is 15.4. The van der Waals surface area contributed by atoms with Crippen LogP contribution in [0.2, 0.25) is 0 Å². The van der Waals surface area contributed by atoms with Crippen molar-refractivity contribution in [3.63, 3.8) is 0 Å². The van der Waals surface area contributed by atoms with E-state index in [2.05, 4.69) is 22.9 Å². The molecule has 0 saturated carbocycles. The fraction of sp³-hybridized carbons (Fsp3) is 0.438. The first-order valence-corrected chi connectivity index (χ1v) is 6.56. The summed E-state index contributed by atoms with van der Waals surface area (Å²) < 4.78 is 10.2. The van der Waals surface area contributed by atoms with E-state index in [1.807, 2.05) is 25.1 Å². The highest BCUT2D eigenvalue weighted by Gasteiger charge is 1.99. The van der Waals surface area contributed by atoms with Gasteiger partial charge in [-0.15, -0.1) is 0 Å². The summed E-state index contributed by atoms with van der Waals surface area (Å²) in [6, 6.07) is 10.1. The second-order valence-electron chi connectivity index (χ2n) is 4.45. The number of rotatable bonds is 8. The highest BCUT2D eigenvalue weighted by Crippen LogP contribution is 2.07. The third-order valence-electron chi connectivity index (χ3n) is 2.82. The molecule has 0 N–H and O–H groups in total. The molecule has 0 bridgehead atoms. The summed E-state index contributed by atoms with van der Waals surface area (Å²) in [5.41, 5.74) is 2.39. The van der Waals surface area contributed by atoms with Crippen molar-refractivity contribution in [1.82, 2.24) is 0 Å². The van der Waals surface area contributed by atoms with Gasteiger partial charge in [0.05, 0.1) is 20.3 Å². The number of hydrogen-bond acceptors (Lipinski definition) is 3. The molecule has 0 radical (unpaired) electrons. The van der Waals surface area contributed by atoms with E-state index in [1.165, 1.54) is 18.2 Å². The smallest absolute Gasteiger partial charge is 0.305 e. The Balaban J connectivity index is 2.10. The van der Waals surface area contributed by atoms with Gasteiger partial charge in [-0.1, -0.05) is 42.0 Å². The maximum absolute atomic E-state index is 11.0. The van der Waals surface area contributed by atoms with Crippen molar-refractivity contribution in [2.75, 3.05) is 13.7 Å².